The van der Waals surface area contributed by atoms with Gasteiger partial charge < -0.3 is 4.74 Å². The normalized spacial score (nSPS) is 9.31. The van der Waals surface area contributed by atoms with Crippen molar-refractivity contribution >= 4 is 0 Å². The number of hydrogen-bond donors (Lipinski definition) is 0. The standard InChI is InChI=1S/C11H16O.CH4/c1-2-3-9-12-10-11-7-5-4-6-8-11;/h4-8H,2-3,9-10H2,1H3;1H4. The molecule has 1 aromatic carbocycles. The fraction of sp³-hybridized carbons (Fsp3) is 0.500. The summed E-state index contributed by atoms with van der Waals surface area (Å²) < 4.78 is 5.46. The summed E-state index contributed by atoms with van der Waals surface area (Å²) in [5.41, 5.74) is 1.26. The summed E-state index contributed by atoms with van der Waals surface area (Å²) in [7, 11) is 0. The number of hydrogen-bond acceptors (Lipinski definition) is 1. The molecule has 0 bridgehead atoms. The van der Waals surface area contributed by atoms with Crippen LogP contribution in [0.25, 0.3) is 0 Å². The fourth-order valence-corrected chi connectivity index (χ4v) is 1.01. The molecule has 0 aliphatic rings. The van der Waals surface area contributed by atoms with Crippen molar-refractivity contribution in [2.45, 2.75) is 33.8 Å². The predicted molar refractivity (Wildman–Crippen MR) is 57.7 cm³/mol. The van der Waals surface area contributed by atoms with E-state index < -0.39 is 0 Å². The van der Waals surface area contributed by atoms with Crippen LogP contribution in [0, 0.1) is 0 Å². The SMILES string of the molecule is C.CCCCOCc1ccccc1. The minimum atomic E-state index is 0. The molecule has 0 N–H and O–H groups in total. The summed E-state index contributed by atoms with van der Waals surface area (Å²) in [6.07, 6.45) is 2.36. The van der Waals surface area contributed by atoms with E-state index in [0.29, 0.717) is 0 Å². The lowest BCUT2D eigenvalue weighted by atomic mass is 10.2. The van der Waals surface area contributed by atoms with Gasteiger partial charge in [0.2, 0.25) is 0 Å². The van der Waals surface area contributed by atoms with Crippen molar-refractivity contribution in [2.75, 3.05) is 6.61 Å². The number of ether oxygens (including phenoxy) is 1. The van der Waals surface area contributed by atoms with Crippen molar-refractivity contribution in [3.8, 4) is 0 Å². The van der Waals surface area contributed by atoms with E-state index >= 15 is 0 Å². The molecular weight excluding hydrogens is 160 g/mol. The number of unbranched alkanes of at least 4 members (excludes halogenated alkanes) is 1. The molecule has 74 valence electrons. The van der Waals surface area contributed by atoms with E-state index in [-0.39, 0.29) is 7.43 Å². The average molecular weight is 180 g/mol. The molecule has 1 aromatic rings. The van der Waals surface area contributed by atoms with Crippen LogP contribution in [-0.4, -0.2) is 6.61 Å². The molecule has 0 aliphatic carbocycles. The average Bonchev–Trinajstić information content (AvgIpc) is 2.14. The highest BCUT2D eigenvalue weighted by molar-refractivity contribution is 5.13. The van der Waals surface area contributed by atoms with Gasteiger partial charge in [0.1, 0.15) is 0 Å². The van der Waals surface area contributed by atoms with Crippen LogP contribution in [0.2, 0.25) is 0 Å². The van der Waals surface area contributed by atoms with E-state index in [0.717, 1.165) is 19.6 Å². The molecule has 0 atom stereocenters. The Balaban J connectivity index is 0.00000144. The summed E-state index contributed by atoms with van der Waals surface area (Å²) in [6, 6.07) is 10.3. The fourth-order valence-electron chi connectivity index (χ4n) is 1.01. The molecule has 0 saturated carbocycles. The highest BCUT2D eigenvalue weighted by Crippen LogP contribution is 2.00. The van der Waals surface area contributed by atoms with E-state index in [1.807, 2.05) is 18.2 Å². The second-order valence-electron chi connectivity index (χ2n) is 2.89. The van der Waals surface area contributed by atoms with Gasteiger partial charge in [-0.1, -0.05) is 51.1 Å². The third-order valence-corrected chi connectivity index (χ3v) is 1.75. The van der Waals surface area contributed by atoms with Crippen LogP contribution in [-0.2, 0) is 11.3 Å². The summed E-state index contributed by atoms with van der Waals surface area (Å²) >= 11 is 0. The second-order valence-corrected chi connectivity index (χ2v) is 2.89. The molecule has 0 radical (unpaired) electrons. The Morgan fingerprint density at radius 2 is 1.85 bits per heavy atom. The molecule has 1 heteroatoms. The third kappa shape index (κ3) is 5.42. The van der Waals surface area contributed by atoms with Crippen LogP contribution in [0.4, 0.5) is 0 Å². The van der Waals surface area contributed by atoms with Gasteiger partial charge in [-0.05, 0) is 12.0 Å². The Morgan fingerprint density at radius 1 is 1.15 bits per heavy atom. The Hall–Kier alpha value is -0.820. The molecule has 13 heavy (non-hydrogen) atoms. The smallest absolute Gasteiger partial charge is 0.0716 e. The van der Waals surface area contributed by atoms with Crippen molar-refractivity contribution in [1.29, 1.82) is 0 Å². The van der Waals surface area contributed by atoms with E-state index in [9.17, 15) is 0 Å². The Bertz CT molecular complexity index is 194. The van der Waals surface area contributed by atoms with Crippen LogP contribution in [0.15, 0.2) is 30.3 Å². The topological polar surface area (TPSA) is 9.23 Å². The molecular formula is C12H20O. The maximum absolute atomic E-state index is 5.46. The zero-order valence-corrected chi connectivity index (χ0v) is 7.62. The van der Waals surface area contributed by atoms with Crippen LogP contribution >= 0.6 is 0 Å². The second kappa shape index (κ2) is 7.81. The number of benzene rings is 1. The predicted octanol–water partition coefficient (Wildman–Crippen LogP) is 3.64. The van der Waals surface area contributed by atoms with Crippen LogP contribution in [0.5, 0.6) is 0 Å². The lowest BCUT2D eigenvalue weighted by Crippen LogP contribution is -1.94. The minimum absolute atomic E-state index is 0. The summed E-state index contributed by atoms with van der Waals surface area (Å²) in [5, 5.41) is 0. The molecule has 0 unspecified atom stereocenters. The Morgan fingerprint density at radius 3 is 2.46 bits per heavy atom. The quantitative estimate of drug-likeness (QED) is 0.629. The Kier molecular flexibility index (Phi) is 7.32. The first-order valence-corrected chi connectivity index (χ1v) is 4.55. The minimum Gasteiger partial charge on any atom is -0.377 e. The van der Waals surface area contributed by atoms with Crippen molar-refractivity contribution in [2.24, 2.45) is 0 Å². The maximum atomic E-state index is 5.46. The highest BCUT2D eigenvalue weighted by Gasteiger charge is 1.89. The summed E-state index contributed by atoms with van der Waals surface area (Å²) in [6.45, 7) is 3.80. The maximum Gasteiger partial charge on any atom is 0.0716 e. The summed E-state index contributed by atoms with van der Waals surface area (Å²) in [4.78, 5) is 0. The largest absolute Gasteiger partial charge is 0.377 e. The first kappa shape index (κ1) is 12.2. The van der Waals surface area contributed by atoms with Gasteiger partial charge in [0.05, 0.1) is 6.61 Å². The van der Waals surface area contributed by atoms with Crippen LogP contribution < -0.4 is 0 Å². The molecule has 0 aromatic heterocycles. The van der Waals surface area contributed by atoms with Gasteiger partial charge in [0.25, 0.3) is 0 Å². The highest BCUT2D eigenvalue weighted by atomic mass is 16.5. The van der Waals surface area contributed by atoms with Gasteiger partial charge in [-0.3, -0.25) is 0 Å². The van der Waals surface area contributed by atoms with Crippen molar-refractivity contribution < 1.29 is 4.74 Å². The molecule has 0 saturated heterocycles. The molecule has 0 amide bonds. The van der Waals surface area contributed by atoms with E-state index in [4.69, 9.17) is 4.74 Å². The first-order chi connectivity index (χ1) is 5.93. The zero-order chi connectivity index (χ0) is 8.65. The lowest BCUT2D eigenvalue weighted by molar-refractivity contribution is 0.118. The zero-order valence-electron chi connectivity index (χ0n) is 7.62. The van der Waals surface area contributed by atoms with Crippen LogP contribution in [0.3, 0.4) is 0 Å². The first-order valence-electron chi connectivity index (χ1n) is 4.55. The molecule has 0 fully saturated rings. The van der Waals surface area contributed by atoms with Crippen molar-refractivity contribution in [3.63, 3.8) is 0 Å². The van der Waals surface area contributed by atoms with Gasteiger partial charge in [-0.15, -0.1) is 0 Å². The molecule has 1 rings (SSSR count). The van der Waals surface area contributed by atoms with Gasteiger partial charge in [0.15, 0.2) is 0 Å². The van der Waals surface area contributed by atoms with Crippen molar-refractivity contribution in [3.05, 3.63) is 35.9 Å². The van der Waals surface area contributed by atoms with Gasteiger partial charge in [-0.2, -0.15) is 0 Å². The molecule has 1 nitrogen and oxygen atoms in total. The third-order valence-electron chi connectivity index (χ3n) is 1.75. The van der Waals surface area contributed by atoms with Gasteiger partial charge in [0, 0.05) is 6.61 Å². The molecule has 0 aliphatic heterocycles. The molecule has 0 heterocycles. The lowest BCUT2D eigenvalue weighted by Gasteiger charge is -2.02. The van der Waals surface area contributed by atoms with Crippen LogP contribution in [0.1, 0.15) is 32.8 Å². The number of rotatable bonds is 5. The van der Waals surface area contributed by atoms with Gasteiger partial charge >= 0.3 is 0 Å². The van der Waals surface area contributed by atoms with E-state index in [1.54, 1.807) is 0 Å². The summed E-state index contributed by atoms with van der Waals surface area (Å²) in [5.74, 6) is 0. The molecule has 0 spiro atoms. The van der Waals surface area contributed by atoms with E-state index in [1.165, 1.54) is 12.0 Å². The van der Waals surface area contributed by atoms with E-state index in [2.05, 4.69) is 19.1 Å². The monoisotopic (exact) mass is 180 g/mol. The Labute approximate surface area is 81.7 Å². The van der Waals surface area contributed by atoms with Crippen molar-refractivity contribution in [1.82, 2.24) is 0 Å². The van der Waals surface area contributed by atoms with Gasteiger partial charge in [-0.25, -0.2) is 0 Å².